The Bertz CT molecular complexity index is 684. The zero-order valence-corrected chi connectivity index (χ0v) is 11.1. The molecular weight excluding hydrogens is 238 g/mol. The second-order valence-corrected chi connectivity index (χ2v) is 5.44. The van der Waals surface area contributed by atoms with Crippen molar-refractivity contribution in [1.82, 2.24) is 0 Å². The maximum absolute atomic E-state index is 6.45. The zero-order valence-electron chi connectivity index (χ0n) is 10.3. The third-order valence-corrected chi connectivity index (χ3v) is 4.35. The van der Waals surface area contributed by atoms with Gasteiger partial charge in [0.2, 0.25) is 0 Å². The SMILES string of the molecule is Cc1ccccc1C(N)c1cccc2ccsc12. The minimum Gasteiger partial charge on any atom is -0.320 e. The summed E-state index contributed by atoms with van der Waals surface area (Å²) >= 11 is 1.76. The summed E-state index contributed by atoms with van der Waals surface area (Å²) in [5.74, 6) is 0. The molecule has 1 atom stereocenters. The number of fused-ring (bicyclic) bond motifs is 1. The molecule has 2 heteroatoms. The van der Waals surface area contributed by atoms with Crippen LogP contribution in [0.5, 0.6) is 0 Å². The molecule has 0 radical (unpaired) electrons. The molecule has 0 aliphatic heterocycles. The van der Waals surface area contributed by atoms with Gasteiger partial charge in [0.05, 0.1) is 6.04 Å². The van der Waals surface area contributed by atoms with E-state index in [2.05, 4.69) is 60.8 Å². The van der Waals surface area contributed by atoms with Crippen molar-refractivity contribution in [2.75, 3.05) is 0 Å². The lowest BCUT2D eigenvalue weighted by molar-refractivity contribution is 0.872. The van der Waals surface area contributed by atoms with Crippen molar-refractivity contribution in [3.05, 3.63) is 70.6 Å². The third-order valence-electron chi connectivity index (χ3n) is 3.37. The van der Waals surface area contributed by atoms with Crippen LogP contribution in [0.3, 0.4) is 0 Å². The van der Waals surface area contributed by atoms with Crippen LogP contribution in [0, 0.1) is 6.92 Å². The molecule has 0 aliphatic carbocycles. The van der Waals surface area contributed by atoms with Gasteiger partial charge < -0.3 is 5.73 Å². The van der Waals surface area contributed by atoms with E-state index < -0.39 is 0 Å². The second kappa shape index (κ2) is 4.56. The molecule has 1 unspecified atom stereocenters. The number of nitrogens with two attached hydrogens (primary N) is 1. The van der Waals surface area contributed by atoms with E-state index >= 15 is 0 Å². The lowest BCUT2D eigenvalue weighted by atomic mass is 9.95. The first kappa shape index (κ1) is 11.5. The number of benzene rings is 2. The topological polar surface area (TPSA) is 26.0 Å². The Morgan fingerprint density at radius 3 is 2.56 bits per heavy atom. The van der Waals surface area contributed by atoms with Crippen molar-refractivity contribution < 1.29 is 0 Å². The molecule has 3 rings (SSSR count). The number of rotatable bonds is 2. The van der Waals surface area contributed by atoms with Gasteiger partial charge in [0.25, 0.3) is 0 Å². The molecule has 1 heterocycles. The van der Waals surface area contributed by atoms with E-state index in [-0.39, 0.29) is 6.04 Å². The fourth-order valence-electron chi connectivity index (χ4n) is 2.36. The highest BCUT2D eigenvalue weighted by atomic mass is 32.1. The van der Waals surface area contributed by atoms with E-state index in [1.54, 1.807) is 11.3 Å². The van der Waals surface area contributed by atoms with Crippen molar-refractivity contribution >= 4 is 21.4 Å². The highest BCUT2D eigenvalue weighted by Gasteiger charge is 2.14. The van der Waals surface area contributed by atoms with Crippen LogP contribution in [-0.2, 0) is 0 Å². The lowest BCUT2D eigenvalue weighted by Gasteiger charge is -2.16. The fraction of sp³-hybridized carbons (Fsp3) is 0.125. The first-order valence-corrected chi connectivity index (χ1v) is 6.92. The van der Waals surface area contributed by atoms with Crippen LogP contribution in [0.1, 0.15) is 22.7 Å². The number of thiophene rings is 1. The molecule has 0 aliphatic rings. The first-order valence-electron chi connectivity index (χ1n) is 6.04. The zero-order chi connectivity index (χ0) is 12.5. The van der Waals surface area contributed by atoms with Crippen LogP contribution in [0.15, 0.2) is 53.9 Å². The maximum Gasteiger partial charge on any atom is 0.0568 e. The Labute approximate surface area is 111 Å². The van der Waals surface area contributed by atoms with Crippen LogP contribution in [0.4, 0.5) is 0 Å². The molecule has 1 aromatic heterocycles. The molecule has 0 spiro atoms. The Morgan fingerprint density at radius 2 is 1.72 bits per heavy atom. The van der Waals surface area contributed by atoms with E-state index in [1.165, 1.54) is 26.8 Å². The molecule has 3 aromatic rings. The lowest BCUT2D eigenvalue weighted by Crippen LogP contribution is -2.13. The largest absolute Gasteiger partial charge is 0.320 e. The molecule has 0 amide bonds. The average molecular weight is 253 g/mol. The molecular formula is C16H15NS. The molecule has 90 valence electrons. The summed E-state index contributed by atoms with van der Waals surface area (Å²) < 4.78 is 1.30. The minimum absolute atomic E-state index is 0.0476. The molecule has 0 fully saturated rings. The van der Waals surface area contributed by atoms with Gasteiger partial charge in [-0.2, -0.15) is 0 Å². The number of aryl methyl sites for hydroxylation is 1. The van der Waals surface area contributed by atoms with Crippen molar-refractivity contribution in [2.45, 2.75) is 13.0 Å². The summed E-state index contributed by atoms with van der Waals surface area (Å²) in [7, 11) is 0. The standard InChI is InChI=1S/C16H15NS/c1-11-5-2-3-7-13(11)15(17)14-8-4-6-12-9-10-18-16(12)14/h2-10,15H,17H2,1H3. The van der Waals surface area contributed by atoms with Crippen molar-refractivity contribution in [3.8, 4) is 0 Å². The van der Waals surface area contributed by atoms with Gasteiger partial charge in [0, 0.05) is 4.70 Å². The second-order valence-electron chi connectivity index (χ2n) is 4.52. The predicted molar refractivity (Wildman–Crippen MR) is 79.0 cm³/mol. The summed E-state index contributed by atoms with van der Waals surface area (Å²) in [5.41, 5.74) is 10.1. The summed E-state index contributed by atoms with van der Waals surface area (Å²) in [4.78, 5) is 0. The number of hydrogen-bond acceptors (Lipinski definition) is 2. The average Bonchev–Trinajstić information content (AvgIpc) is 2.86. The molecule has 1 nitrogen and oxygen atoms in total. The van der Waals surface area contributed by atoms with E-state index in [0.29, 0.717) is 0 Å². The summed E-state index contributed by atoms with van der Waals surface area (Å²) in [6.07, 6.45) is 0. The first-order chi connectivity index (χ1) is 8.77. The molecule has 0 bridgehead atoms. The molecule has 2 aromatic carbocycles. The van der Waals surface area contributed by atoms with Crippen molar-refractivity contribution in [1.29, 1.82) is 0 Å². The monoisotopic (exact) mass is 253 g/mol. The summed E-state index contributed by atoms with van der Waals surface area (Å²) in [6.45, 7) is 2.11. The normalized spacial score (nSPS) is 12.8. The Kier molecular flexibility index (Phi) is 2.90. The summed E-state index contributed by atoms with van der Waals surface area (Å²) in [5, 5.41) is 3.40. The molecule has 0 saturated carbocycles. The number of hydrogen-bond donors (Lipinski definition) is 1. The fourth-order valence-corrected chi connectivity index (χ4v) is 3.32. The Morgan fingerprint density at radius 1 is 0.944 bits per heavy atom. The maximum atomic E-state index is 6.45. The highest BCUT2D eigenvalue weighted by Crippen LogP contribution is 2.31. The van der Waals surface area contributed by atoms with Crippen LogP contribution < -0.4 is 5.73 Å². The van der Waals surface area contributed by atoms with Gasteiger partial charge in [-0.3, -0.25) is 0 Å². The van der Waals surface area contributed by atoms with Gasteiger partial charge >= 0.3 is 0 Å². The van der Waals surface area contributed by atoms with Gasteiger partial charge in [-0.05, 0) is 40.4 Å². The quantitative estimate of drug-likeness (QED) is 0.725. The Hall–Kier alpha value is -1.64. The summed E-state index contributed by atoms with van der Waals surface area (Å²) in [6, 6.07) is 16.8. The molecule has 18 heavy (non-hydrogen) atoms. The Balaban J connectivity index is 2.15. The molecule has 2 N–H and O–H groups in total. The highest BCUT2D eigenvalue weighted by molar-refractivity contribution is 7.17. The van der Waals surface area contributed by atoms with Crippen molar-refractivity contribution in [3.63, 3.8) is 0 Å². The van der Waals surface area contributed by atoms with Crippen LogP contribution in [0.25, 0.3) is 10.1 Å². The van der Waals surface area contributed by atoms with Crippen molar-refractivity contribution in [2.24, 2.45) is 5.73 Å². The van der Waals surface area contributed by atoms with Gasteiger partial charge in [0.1, 0.15) is 0 Å². The van der Waals surface area contributed by atoms with Gasteiger partial charge in [-0.1, -0.05) is 42.5 Å². The van der Waals surface area contributed by atoms with Gasteiger partial charge in [-0.25, -0.2) is 0 Å². The smallest absolute Gasteiger partial charge is 0.0568 e. The minimum atomic E-state index is -0.0476. The van der Waals surface area contributed by atoms with Gasteiger partial charge in [-0.15, -0.1) is 11.3 Å². The van der Waals surface area contributed by atoms with E-state index in [4.69, 9.17) is 5.73 Å². The predicted octanol–water partition coefficient (Wildman–Crippen LogP) is 4.26. The van der Waals surface area contributed by atoms with Crippen LogP contribution >= 0.6 is 11.3 Å². The van der Waals surface area contributed by atoms with E-state index in [9.17, 15) is 0 Å². The van der Waals surface area contributed by atoms with Crippen LogP contribution in [-0.4, -0.2) is 0 Å². The van der Waals surface area contributed by atoms with Crippen LogP contribution in [0.2, 0.25) is 0 Å². The third kappa shape index (κ3) is 1.84. The molecule has 0 saturated heterocycles. The van der Waals surface area contributed by atoms with E-state index in [0.717, 1.165) is 0 Å². The van der Waals surface area contributed by atoms with Gasteiger partial charge in [0.15, 0.2) is 0 Å². The van der Waals surface area contributed by atoms with E-state index in [1.807, 2.05) is 0 Å².